The average Bonchev–Trinajstić information content (AvgIpc) is 2.68. The van der Waals surface area contributed by atoms with E-state index in [2.05, 4.69) is 9.97 Å². The van der Waals surface area contributed by atoms with Crippen LogP contribution in [-0.2, 0) is 11.3 Å². The molecule has 0 unspecified atom stereocenters. The highest BCUT2D eigenvalue weighted by Crippen LogP contribution is 2.18. The first-order valence-electron chi connectivity index (χ1n) is 5.96. The fourth-order valence-corrected chi connectivity index (χ4v) is 1.81. The van der Waals surface area contributed by atoms with Crippen molar-refractivity contribution in [2.45, 2.75) is 25.9 Å². The predicted molar refractivity (Wildman–Crippen MR) is 72.1 cm³/mol. The second-order valence-electron chi connectivity index (χ2n) is 5.18. The maximum absolute atomic E-state index is 11.2. The highest BCUT2D eigenvalue weighted by molar-refractivity contribution is 5.77. The Hall–Kier alpha value is -2.08. The lowest BCUT2D eigenvalue weighted by Crippen LogP contribution is -2.47. The van der Waals surface area contributed by atoms with Crippen molar-refractivity contribution in [1.82, 2.24) is 14.9 Å². The quantitative estimate of drug-likeness (QED) is 0.772. The van der Waals surface area contributed by atoms with E-state index in [9.17, 15) is 14.7 Å². The molecule has 6 heteroatoms. The molecular formula is C13H17N3O3. The number of hydrogen-bond acceptors (Lipinski definition) is 3. The molecule has 102 valence electrons. The Morgan fingerprint density at radius 2 is 1.95 bits per heavy atom. The number of likely N-dealkylation sites (N-methyl/N-ethyl adjacent to an activating group) is 1. The van der Waals surface area contributed by atoms with Crippen LogP contribution in [0, 0.1) is 0 Å². The summed E-state index contributed by atoms with van der Waals surface area (Å²) in [6.07, 6.45) is 0. The van der Waals surface area contributed by atoms with Crippen molar-refractivity contribution in [3.63, 3.8) is 0 Å². The SMILES string of the molecule is CN(Cc1ccc2[nH]c(=O)[nH]c2c1)C(C)(C)C(=O)O. The zero-order chi connectivity index (χ0) is 14.2. The Bertz CT molecular complexity index is 669. The molecule has 0 saturated heterocycles. The first-order valence-corrected chi connectivity index (χ1v) is 5.96. The van der Waals surface area contributed by atoms with Crippen molar-refractivity contribution in [3.05, 3.63) is 34.2 Å². The summed E-state index contributed by atoms with van der Waals surface area (Å²) < 4.78 is 0. The van der Waals surface area contributed by atoms with Gasteiger partial charge < -0.3 is 15.1 Å². The molecule has 0 aliphatic carbocycles. The first-order chi connectivity index (χ1) is 8.80. The summed E-state index contributed by atoms with van der Waals surface area (Å²) in [5.74, 6) is -0.869. The van der Waals surface area contributed by atoms with Gasteiger partial charge in [0.05, 0.1) is 11.0 Å². The number of aromatic amines is 2. The maximum atomic E-state index is 11.2. The van der Waals surface area contributed by atoms with Gasteiger partial charge in [-0.25, -0.2) is 4.79 Å². The Balaban J connectivity index is 2.26. The maximum Gasteiger partial charge on any atom is 0.323 e. The number of carboxylic acids is 1. The molecule has 1 heterocycles. The molecule has 1 aromatic carbocycles. The van der Waals surface area contributed by atoms with Crippen LogP contribution in [0.15, 0.2) is 23.0 Å². The van der Waals surface area contributed by atoms with Crippen molar-refractivity contribution in [2.75, 3.05) is 7.05 Å². The number of imidazole rings is 1. The number of nitrogens with one attached hydrogen (secondary N) is 2. The minimum Gasteiger partial charge on any atom is -0.480 e. The molecule has 2 rings (SSSR count). The number of rotatable bonds is 4. The van der Waals surface area contributed by atoms with Crippen LogP contribution in [0.3, 0.4) is 0 Å². The molecule has 1 aromatic heterocycles. The number of nitrogens with zero attached hydrogens (tertiary/aromatic N) is 1. The normalized spacial score (nSPS) is 12.2. The number of hydrogen-bond donors (Lipinski definition) is 3. The van der Waals surface area contributed by atoms with Gasteiger partial charge in [-0.05, 0) is 38.6 Å². The van der Waals surface area contributed by atoms with Crippen LogP contribution in [0.4, 0.5) is 0 Å². The second kappa shape index (κ2) is 4.55. The predicted octanol–water partition coefficient (Wildman–Crippen LogP) is 1.15. The highest BCUT2D eigenvalue weighted by atomic mass is 16.4. The molecule has 0 atom stereocenters. The van der Waals surface area contributed by atoms with Crippen molar-refractivity contribution in [3.8, 4) is 0 Å². The summed E-state index contributed by atoms with van der Waals surface area (Å²) in [6, 6.07) is 5.53. The number of aromatic nitrogens is 2. The number of H-pyrrole nitrogens is 2. The van der Waals surface area contributed by atoms with Gasteiger partial charge in [0, 0.05) is 6.54 Å². The van der Waals surface area contributed by atoms with Gasteiger partial charge in [0.2, 0.25) is 0 Å². The minimum absolute atomic E-state index is 0.244. The Kier molecular flexibility index (Phi) is 3.20. The lowest BCUT2D eigenvalue weighted by Gasteiger charge is -2.31. The molecular weight excluding hydrogens is 246 g/mol. The van der Waals surface area contributed by atoms with Crippen LogP contribution >= 0.6 is 0 Å². The van der Waals surface area contributed by atoms with E-state index in [1.54, 1.807) is 25.8 Å². The number of aliphatic carboxylic acids is 1. The van der Waals surface area contributed by atoms with Crippen LogP contribution in [0.25, 0.3) is 11.0 Å². The number of carbonyl (C=O) groups is 1. The van der Waals surface area contributed by atoms with E-state index < -0.39 is 11.5 Å². The molecule has 0 amide bonds. The van der Waals surface area contributed by atoms with E-state index >= 15 is 0 Å². The Labute approximate surface area is 110 Å². The van der Waals surface area contributed by atoms with Gasteiger partial charge in [-0.1, -0.05) is 6.07 Å². The van der Waals surface area contributed by atoms with Gasteiger partial charge in [0.25, 0.3) is 0 Å². The molecule has 0 fully saturated rings. The zero-order valence-corrected chi connectivity index (χ0v) is 11.2. The van der Waals surface area contributed by atoms with E-state index in [1.807, 2.05) is 18.2 Å². The zero-order valence-electron chi connectivity index (χ0n) is 11.2. The van der Waals surface area contributed by atoms with Crippen LogP contribution in [0.2, 0.25) is 0 Å². The third-order valence-electron chi connectivity index (χ3n) is 3.48. The van der Waals surface area contributed by atoms with Gasteiger partial charge in [0.15, 0.2) is 0 Å². The fraction of sp³-hybridized carbons (Fsp3) is 0.385. The number of benzene rings is 1. The standard InChI is InChI=1S/C13H17N3O3/c1-13(2,11(17)18)16(3)7-8-4-5-9-10(6-8)15-12(19)14-9/h4-6H,7H2,1-3H3,(H,17,18)(H2,14,15,19). The summed E-state index contributed by atoms with van der Waals surface area (Å²) >= 11 is 0. The van der Waals surface area contributed by atoms with Gasteiger partial charge in [0.1, 0.15) is 5.54 Å². The van der Waals surface area contributed by atoms with Gasteiger partial charge in [-0.2, -0.15) is 0 Å². The third-order valence-corrected chi connectivity index (χ3v) is 3.48. The Morgan fingerprint density at radius 3 is 2.58 bits per heavy atom. The Morgan fingerprint density at radius 1 is 1.32 bits per heavy atom. The van der Waals surface area contributed by atoms with Crippen LogP contribution in [0.5, 0.6) is 0 Å². The van der Waals surface area contributed by atoms with Crippen molar-refractivity contribution in [1.29, 1.82) is 0 Å². The van der Waals surface area contributed by atoms with E-state index in [0.717, 1.165) is 16.6 Å². The number of fused-ring (bicyclic) bond motifs is 1. The molecule has 2 aromatic rings. The highest BCUT2D eigenvalue weighted by Gasteiger charge is 2.31. The molecule has 0 aliphatic heterocycles. The van der Waals surface area contributed by atoms with E-state index in [0.29, 0.717) is 6.54 Å². The van der Waals surface area contributed by atoms with Crippen LogP contribution in [0.1, 0.15) is 19.4 Å². The topological polar surface area (TPSA) is 89.2 Å². The summed E-state index contributed by atoms with van der Waals surface area (Å²) in [5, 5.41) is 9.17. The van der Waals surface area contributed by atoms with Crippen molar-refractivity contribution >= 4 is 17.0 Å². The molecule has 3 N–H and O–H groups in total. The average molecular weight is 263 g/mol. The van der Waals surface area contributed by atoms with E-state index in [1.165, 1.54) is 0 Å². The molecule has 0 saturated carbocycles. The largest absolute Gasteiger partial charge is 0.480 e. The fourth-order valence-electron chi connectivity index (χ4n) is 1.81. The molecule has 0 aliphatic rings. The second-order valence-corrected chi connectivity index (χ2v) is 5.18. The van der Waals surface area contributed by atoms with Crippen molar-refractivity contribution < 1.29 is 9.90 Å². The lowest BCUT2D eigenvalue weighted by molar-refractivity contribution is -0.148. The smallest absolute Gasteiger partial charge is 0.323 e. The van der Waals surface area contributed by atoms with Crippen molar-refractivity contribution in [2.24, 2.45) is 0 Å². The molecule has 0 bridgehead atoms. The summed E-state index contributed by atoms with van der Waals surface area (Å²) in [7, 11) is 1.76. The summed E-state index contributed by atoms with van der Waals surface area (Å²) in [6.45, 7) is 3.81. The first kappa shape index (κ1) is 13.4. The van der Waals surface area contributed by atoms with E-state index in [4.69, 9.17) is 0 Å². The van der Waals surface area contributed by atoms with Gasteiger partial charge in [-0.15, -0.1) is 0 Å². The molecule has 6 nitrogen and oxygen atoms in total. The lowest BCUT2D eigenvalue weighted by atomic mass is 10.0. The monoisotopic (exact) mass is 263 g/mol. The van der Waals surface area contributed by atoms with Gasteiger partial charge in [-0.3, -0.25) is 9.69 Å². The minimum atomic E-state index is -0.944. The summed E-state index contributed by atoms with van der Waals surface area (Å²) in [5.41, 5.74) is 1.23. The molecule has 0 spiro atoms. The molecule has 19 heavy (non-hydrogen) atoms. The third kappa shape index (κ3) is 2.53. The van der Waals surface area contributed by atoms with Gasteiger partial charge >= 0.3 is 11.7 Å². The summed E-state index contributed by atoms with van der Waals surface area (Å²) in [4.78, 5) is 29.5. The number of carboxylic acid groups (broad SMARTS) is 1. The van der Waals surface area contributed by atoms with Crippen LogP contribution < -0.4 is 5.69 Å². The van der Waals surface area contributed by atoms with E-state index in [-0.39, 0.29) is 5.69 Å². The molecule has 0 radical (unpaired) electrons. The van der Waals surface area contributed by atoms with Crippen LogP contribution in [-0.4, -0.2) is 38.5 Å².